The molecule has 22 heavy (non-hydrogen) atoms. The second kappa shape index (κ2) is 5.33. The Labute approximate surface area is 129 Å². The van der Waals surface area contributed by atoms with Crippen LogP contribution in [0.15, 0.2) is 60.7 Å². The molecule has 0 aliphatic carbocycles. The first kappa shape index (κ1) is 13.8. The van der Waals surface area contributed by atoms with Gasteiger partial charge in [-0.3, -0.25) is 0 Å². The van der Waals surface area contributed by atoms with Gasteiger partial charge < -0.3 is 22.9 Å². The molecule has 0 radical (unpaired) electrons. The van der Waals surface area contributed by atoms with Crippen molar-refractivity contribution in [2.75, 3.05) is 22.9 Å². The van der Waals surface area contributed by atoms with E-state index in [4.69, 9.17) is 22.9 Å². The van der Waals surface area contributed by atoms with Crippen LogP contribution in [0.1, 0.15) is 0 Å². The van der Waals surface area contributed by atoms with Crippen LogP contribution in [0, 0.1) is 0 Å². The molecular weight excluding hydrogens is 272 g/mol. The third kappa shape index (κ3) is 2.81. The Bertz CT molecular complexity index is 712. The largest absolute Gasteiger partial charge is 0.399 e. The maximum absolute atomic E-state index is 5.84. The molecule has 0 amide bonds. The topological polar surface area (TPSA) is 104 Å². The van der Waals surface area contributed by atoms with Crippen molar-refractivity contribution in [2.45, 2.75) is 0 Å². The van der Waals surface area contributed by atoms with Crippen molar-refractivity contribution in [1.29, 1.82) is 0 Å². The van der Waals surface area contributed by atoms with Crippen LogP contribution in [0.4, 0.5) is 22.7 Å². The lowest BCUT2D eigenvalue weighted by Crippen LogP contribution is -1.92. The third-order valence-electron chi connectivity index (χ3n) is 3.51. The fraction of sp³-hybridized carbons (Fsp3) is 0. The van der Waals surface area contributed by atoms with Gasteiger partial charge in [0.05, 0.1) is 0 Å². The molecule has 3 rings (SSSR count). The summed E-state index contributed by atoms with van der Waals surface area (Å²) >= 11 is 0. The molecule has 4 nitrogen and oxygen atoms in total. The van der Waals surface area contributed by atoms with E-state index in [1.165, 1.54) is 0 Å². The normalized spacial score (nSPS) is 10.5. The maximum atomic E-state index is 5.84. The first-order chi connectivity index (χ1) is 10.5. The summed E-state index contributed by atoms with van der Waals surface area (Å²) in [5, 5.41) is 0. The van der Waals surface area contributed by atoms with Gasteiger partial charge in [0.25, 0.3) is 0 Å². The van der Waals surface area contributed by atoms with Gasteiger partial charge in [-0.25, -0.2) is 0 Å². The zero-order valence-corrected chi connectivity index (χ0v) is 12.1. The van der Waals surface area contributed by atoms with Crippen LogP contribution in [-0.2, 0) is 0 Å². The molecule has 0 fully saturated rings. The van der Waals surface area contributed by atoms with E-state index in [0.29, 0.717) is 22.7 Å². The van der Waals surface area contributed by atoms with Gasteiger partial charge in [0.2, 0.25) is 0 Å². The fourth-order valence-corrected chi connectivity index (χ4v) is 2.54. The summed E-state index contributed by atoms with van der Waals surface area (Å²) in [6.45, 7) is 0. The van der Waals surface area contributed by atoms with E-state index in [9.17, 15) is 0 Å². The van der Waals surface area contributed by atoms with Crippen molar-refractivity contribution < 1.29 is 0 Å². The highest BCUT2D eigenvalue weighted by Gasteiger charge is 2.03. The first-order valence-electron chi connectivity index (χ1n) is 6.94. The molecule has 4 heteroatoms. The number of hydrogen-bond acceptors (Lipinski definition) is 4. The third-order valence-corrected chi connectivity index (χ3v) is 3.51. The standard InChI is InChI=1S/C18H18N4/c19-15-5-13(6-16(20)9-15)11-1-2-12(4-3-11)14-7-17(21)10-18(22)8-14/h1-10H,19-22H2. The summed E-state index contributed by atoms with van der Waals surface area (Å²) in [7, 11) is 0. The van der Waals surface area contributed by atoms with Crippen molar-refractivity contribution in [2.24, 2.45) is 0 Å². The molecule has 0 heterocycles. The second-order valence-corrected chi connectivity index (χ2v) is 5.35. The Morgan fingerprint density at radius 2 is 0.636 bits per heavy atom. The van der Waals surface area contributed by atoms with Crippen LogP contribution in [0.5, 0.6) is 0 Å². The summed E-state index contributed by atoms with van der Waals surface area (Å²) in [6, 6.07) is 19.2. The van der Waals surface area contributed by atoms with Gasteiger partial charge in [0, 0.05) is 22.7 Å². The Morgan fingerprint density at radius 3 is 0.909 bits per heavy atom. The summed E-state index contributed by atoms with van der Waals surface area (Å²) in [5.41, 5.74) is 30.1. The van der Waals surface area contributed by atoms with Gasteiger partial charge in [-0.2, -0.15) is 0 Å². The molecule has 3 aromatic carbocycles. The molecule has 0 unspecified atom stereocenters. The van der Waals surface area contributed by atoms with Gasteiger partial charge in [0.15, 0.2) is 0 Å². The van der Waals surface area contributed by atoms with Crippen LogP contribution in [0.2, 0.25) is 0 Å². The summed E-state index contributed by atoms with van der Waals surface area (Å²) in [5.74, 6) is 0. The summed E-state index contributed by atoms with van der Waals surface area (Å²) in [6.07, 6.45) is 0. The molecule has 3 aromatic rings. The Balaban J connectivity index is 1.98. The van der Waals surface area contributed by atoms with E-state index in [2.05, 4.69) is 0 Å². The number of nitrogen functional groups attached to an aromatic ring is 4. The van der Waals surface area contributed by atoms with E-state index in [0.717, 1.165) is 22.3 Å². The van der Waals surface area contributed by atoms with E-state index in [1.54, 1.807) is 12.1 Å². The molecular formula is C18H18N4. The molecule has 8 N–H and O–H groups in total. The van der Waals surface area contributed by atoms with Crippen LogP contribution in [0.3, 0.4) is 0 Å². The van der Waals surface area contributed by atoms with Crippen LogP contribution in [0.25, 0.3) is 22.3 Å². The molecule has 0 aliphatic heterocycles. The Hall–Kier alpha value is -3.14. The number of hydrogen-bond donors (Lipinski definition) is 4. The maximum Gasteiger partial charge on any atom is 0.0340 e. The number of anilines is 4. The van der Waals surface area contributed by atoms with Crippen molar-refractivity contribution >= 4 is 22.7 Å². The van der Waals surface area contributed by atoms with Gasteiger partial charge in [-0.05, 0) is 58.7 Å². The predicted molar refractivity (Wildman–Crippen MR) is 95.0 cm³/mol. The summed E-state index contributed by atoms with van der Waals surface area (Å²) < 4.78 is 0. The van der Waals surface area contributed by atoms with E-state index in [-0.39, 0.29) is 0 Å². The molecule has 0 bridgehead atoms. The van der Waals surface area contributed by atoms with Crippen LogP contribution >= 0.6 is 0 Å². The Morgan fingerprint density at radius 1 is 0.364 bits per heavy atom. The number of rotatable bonds is 2. The fourth-order valence-electron chi connectivity index (χ4n) is 2.54. The van der Waals surface area contributed by atoms with E-state index in [1.807, 2.05) is 48.5 Å². The van der Waals surface area contributed by atoms with Gasteiger partial charge in [0.1, 0.15) is 0 Å². The average Bonchev–Trinajstić information content (AvgIpc) is 2.45. The molecule has 0 atom stereocenters. The van der Waals surface area contributed by atoms with Crippen molar-refractivity contribution in [1.82, 2.24) is 0 Å². The van der Waals surface area contributed by atoms with E-state index < -0.39 is 0 Å². The lowest BCUT2D eigenvalue weighted by Gasteiger charge is -2.08. The molecule has 0 aliphatic rings. The number of nitrogens with two attached hydrogens (primary N) is 4. The average molecular weight is 290 g/mol. The SMILES string of the molecule is Nc1cc(N)cc(-c2ccc(-c3cc(N)cc(N)c3)cc2)c1. The first-order valence-corrected chi connectivity index (χ1v) is 6.94. The van der Waals surface area contributed by atoms with Crippen LogP contribution in [-0.4, -0.2) is 0 Å². The van der Waals surface area contributed by atoms with E-state index >= 15 is 0 Å². The summed E-state index contributed by atoms with van der Waals surface area (Å²) in [4.78, 5) is 0. The zero-order valence-electron chi connectivity index (χ0n) is 12.1. The van der Waals surface area contributed by atoms with Gasteiger partial charge in [-0.15, -0.1) is 0 Å². The Kier molecular flexibility index (Phi) is 3.35. The van der Waals surface area contributed by atoms with Gasteiger partial charge in [-0.1, -0.05) is 24.3 Å². The molecule has 0 saturated heterocycles. The minimum atomic E-state index is 0.655. The highest BCUT2D eigenvalue weighted by atomic mass is 14.6. The van der Waals surface area contributed by atoms with Crippen molar-refractivity contribution in [3.05, 3.63) is 60.7 Å². The monoisotopic (exact) mass is 290 g/mol. The highest BCUT2D eigenvalue weighted by molar-refractivity contribution is 5.77. The molecule has 0 spiro atoms. The lowest BCUT2D eigenvalue weighted by atomic mass is 9.99. The second-order valence-electron chi connectivity index (χ2n) is 5.35. The highest BCUT2D eigenvalue weighted by Crippen LogP contribution is 2.29. The van der Waals surface area contributed by atoms with Crippen LogP contribution < -0.4 is 22.9 Å². The minimum absolute atomic E-state index is 0.655. The lowest BCUT2D eigenvalue weighted by molar-refractivity contribution is 1.58. The smallest absolute Gasteiger partial charge is 0.0340 e. The van der Waals surface area contributed by atoms with Gasteiger partial charge >= 0.3 is 0 Å². The molecule has 110 valence electrons. The zero-order chi connectivity index (χ0) is 15.7. The number of benzene rings is 3. The van der Waals surface area contributed by atoms with Crippen molar-refractivity contribution in [3.8, 4) is 22.3 Å². The quantitative estimate of drug-likeness (QED) is 0.543. The van der Waals surface area contributed by atoms with Crippen molar-refractivity contribution in [3.63, 3.8) is 0 Å². The predicted octanol–water partition coefficient (Wildman–Crippen LogP) is 3.35. The molecule has 0 aromatic heterocycles. The minimum Gasteiger partial charge on any atom is -0.399 e. The molecule has 0 saturated carbocycles.